The Kier molecular flexibility index (Phi) is 4.49. The first kappa shape index (κ1) is 17.4. The minimum atomic E-state index is -0.966. The number of hydrogen-bond acceptors (Lipinski definition) is 4. The summed E-state index contributed by atoms with van der Waals surface area (Å²) in [6.07, 6.45) is 4.11. The summed E-state index contributed by atoms with van der Waals surface area (Å²) in [4.78, 5) is 16.3. The van der Waals surface area contributed by atoms with Gasteiger partial charge in [0.15, 0.2) is 5.82 Å². The van der Waals surface area contributed by atoms with Crippen molar-refractivity contribution in [1.82, 2.24) is 20.1 Å². The van der Waals surface area contributed by atoms with E-state index in [0.717, 1.165) is 24.1 Å². The number of benzene rings is 1. The van der Waals surface area contributed by atoms with Crippen molar-refractivity contribution in [2.24, 2.45) is 0 Å². The molecule has 27 heavy (non-hydrogen) atoms. The zero-order chi connectivity index (χ0) is 19.0. The van der Waals surface area contributed by atoms with Crippen LogP contribution in [0.2, 0.25) is 0 Å². The van der Waals surface area contributed by atoms with Crippen LogP contribution in [0.4, 0.5) is 0 Å². The summed E-state index contributed by atoms with van der Waals surface area (Å²) in [5, 5.41) is 17.0. The maximum Gasteiger partial charge on any atom is 0.339 e. The van der Waals surface area contributed by atoms with E-state index in [2.05, 4.69) is 28.6 Å². The van der Waals surface area contributed by atoms with Crippen LogP contribution in [-0.2, 0) is 12.8 Å². The molecule has 0 bridgehead atoms. The summed E-state index contributed by atoms with van der Waals surface area (Å²) in [6.45, 7) is 1.92. The van der Waals surface area contributed by atoms with E-state index in [4.69, 9.17) is 4.98 Å². The molecule has 0 aliphatic heterocycles. The van der Waals surface area contributed by atoms with Crippen molar-refractivity contribution >= 4 is 5.97 Å². The first-order chi connectivity index (χ1) is 13.1. The number of aryl methyl sites for hydroxylation is 1. The summed E-state index contributed by atoms with van der Waals surface area (Å²) in [6, 6.07) is 12.5. The normalized spacial score (nSPS) is 15.7. The molecule has 0 spiro atoms. The second-order valence-corrected chi connectivity index (χ2v) is 6.71. The molecule has 2 N–H and O–H groups in total. The Hall–Kier alpha value is -2.99. The van der Waals surface area contributed by atoms with Crippen molar-refractivity contribution in [1.29, 1.82) is 0 Å². The fraction of sp³-hybridized carbons (Fsp3) is 0.286. The first-order valence-electron chi connectivity index (χ1n) is 9.21. The van der Waals surface area contributed by atoms with E-state index in [1.807, 2.05) is 32.2 Å². The molecule has 0 fully saturated rings. The standard InChI is InChI=1S/C21H22N4O2/c1-3-18-15(21(26)27)12-23-25(18)19-9-5-8-16(24-19)14-7-4-6-13-10-11-17(22-2)20(13)14/h4-9,12,17,22H,3,10-11H2,1-2H3,(H,26,27). The largest absolute Gasteiger partial charge is 0.478 e. The summed E-state index contributed by atoms with van der Waals surface area (Å²) in [7, 11) is 1.99. The molecule has 1 unspecified atom stereocenters. The molecule has 1 aliphatic carbocycles. The summed E-state index contributed by atoms with van der Waals surface area (Å²) < 4.78 is 1.63. The maximum absolute atomic E-state index is 11.4. The van der Waals surface area contributed by atoms with E-state index in [9.17, 15) is 9.90 Å². The van der Waals surface area contributed by atoms with Gasteiger partial charge in [0.25, 0.3) is 0 Å². The van der Waals surface area contributed by atoms with Crippen molar-refractivity contribution in [2.45, 2.75) is 32.2 Å². The highest BCUT2D eigenvalue weighted by molar-refractivity contribution is 5.88. The SMILES string of the molecule is CCc1c(C(=O)O)cnn1-c1cccc(-c2cccc3c2C(NC)CC3)n1. The van der Waals surface area contributed by atoms with Crippen LogP contribution in [-0.4, -0.2) is 32.9 Å². The fourth-order valence-electron chi connectivity index (χ4n) is 3.98. The lowest BCUT2D eigenvalue weighted by Crippen LogP contribution is -2.14. The number of aromatic carboxylic acids is 1. The minimum Gasteiger partial charge on any atom is -0.478 e. The Bertz CT molecular complexity index is 1010. The third-order valence-corrected chi connectivity index (χ3v) is 5.26. The Morgan fingerprint density at radius 1 is 1.30 bits per heavy atom. The molecule has 6 heteroatoms. The Labute approximate surface area is 157 Å². The molecule has 1 aromatic carbocycles. The van der Waals surface area contributed by atoms with Crippen LogP contribution in [0, 0.1) is 0 Å². The zero-order valence-electron chi connectivity index (χ0n) is 15.4. The van der Waals surface area contributed by atoms with E-state index in [-0.39, 0.29) is 5.56 Å². The molecular formula is C21H22N4O2. The number of carbonyl (C=O) groups is 1. The fourth-order valence-corrected chi connectivity index (χ4v) is 3.98. The number of fused-ring (bicyclic) bond motifs is 1. The lowest BCUT2D eigenvalue weighted by molar-refractivity contribution is 0.0695. The van der Waals surface area contributed by atoms with Gasteiger partial charge in [0, 0.05) is 11.6 Å². The van der Waals surface area contributed by atoms with Gasteiger partial charge >= 0.3 is 5.97 Å². The number of hydrogen-bond donors (Lipinski definition) is 2. The molecule has 0 amide bonds. The number of aromatic nitrogens is 3. The molecular weight excluding hydrogens is 340 g/mol. The van der Waals surface area contributed by atoms with Gasteiger partial charge in [-0.15, -0.1) is 0 Å². The van der Waals surface area contributed by atoms with Crippen LogP contribution in [0.15, 0.2) is 42.6 Å². The zero-order valence-corrected chi connectivity index (χ0v) is 15.4. The average molecular weight is 362 g/mol. The van der Waals surface area contributed by atoms with Crippen molar-refractivity contribution in [3.05, 3.63) is 65.0 Å². The van der Waals surface area contributed by atoms with E-state index < -0.39 is 5.97 Å². The van der Waals surface area contributed by atoms with Crippen LogP contribution in [0.5, 0.6) is 0 Å². The molecule has 0 saturated heterocycles. The van der Waals surface area contributed by atoms with Gasteiger partial charge < -0.3 is 10.4 Å². The highest BCUT2D eigenvalue weighted by Crippen LogP contribution is 2.38. The number of pyridine rings is 1. The van der Waals surface area contributed by atoms with Gasteiger partial charge in [0.1, 0.15) is 5.56 Å². The average Bonchev–Trinajstić information content (AvgIpc) is 3.31. The first-order valence-corrected chi connectivity index (χ1v) is 9.21. The molecule has 1 aliphatic rings. The minimum absolute atomic E-state index is 0.223. The smallest absolute Gasteiger partial charge is 0.339 e. The van der Waals surface area contributed by atoms with E-state index in [1.54, 1.807) is 4.68 Å². The van der Waals surface area contributed by atoms with Crippen molar-refractivity contribution in [3.63, 3.8) is 0 Å². The predicted molar refractivity (Wildman–Crippen MR) is 103 cm³/mol. The lowest BCUT2D eigenvalue weighted by atomic mass is 9.98. The quantitative estimate of drug-likeness (QED) is 0.727. The van der Waals surface area contributed by atoms with Crippen LogP contribution in [0.25, 0.3) is 17.1 Å². The van der Waals surface area contributed by atoms with Crippen LogP contribution in [0.3, 0.4) is 0 Å². The molecule has 0 radical (unpaired) electrons. The summed E-state index contributed by atoms with van der Waals surface area (Å²) >= 11 is 0. The Morgan fingerprint density at radius 3 is 2.85 bits per heavy atom. The van der Waals surface area contributed by atoms with E-state index >= 15 is 0 Å². The Balaban J connectivity index is 1.82. The van der Waals surface area contributed by atoms with Gasteiger partial charge in [-0.25, -0.2) is 14.5 Å². The van der Waals surface area contributed by atoms with Crippen molar-refractivity contribution in [2.75, 3.05) is 7.05 Å². The van der Waals surface area contributed by atoms with Gasteiger partial charge in [-0.1, -0.05) is 31.2 Å². The third kappa shape index (κ3) is 2.92. The van der Waals surface area contributed by atoms with Crippen molar-refractivity contribution in [3.8, 4) is 17.1 Å². The van der Waals surface area contributed by atoms with Gasteiger partial charge in [0.05, 0.1) is 17.6 Å². The van der Waals surface area contributed by atoms with Crippen molar-refractivity contribution < 1.29 is 9.90 Å². The number of nitrogens with zero attached hydrogens (tertiary/aromatic N) is 3. The van der Waals surface area contributed by atoms with Gasteiger partial charge in [-0.3, -0.25) is 0 Å². The number of rotatable bonds is 5. The lowest BCUT2D eigenvalue weighted by Gasteiger charge is -2.16. The third-order valence-electron chi connectivity index (χ3n) is 5.26. The molecule has 138 valence electrons. The number of carboxylic acid groups (broad SMARTS) is 1. The van der Waals surface area contributed by atoms with Gasteiger partial charge in [-0.2, -0.15) is 5.10 Å². The topological polar surface area (TPSA) is 80.0 Å². The van der Waals surface area contributed by atoms with Gasteiger partial charge in [0.2, 0.25) is 0 Å². The molecule has 0 saturated carbocycles. The second kappa shape index (κ2) is 6.96. The molecule has 2 heterocycles. The molecule has 3 aromatic rings. The Morgan fingerprint density at radius 2 is 2.11 bits per heavy atom. The van der Waals surface area contributed by atoms with Crippen LogP contribution in [0.1, 0.15) is 46.6 Å². The predicted octanol–water partition coefficient (Wildman–Crippen LogP) is 3.40. The molecule has 4 rings (SSSR count). The second-order valence-electron chi connectivity index (χ2n) is 6.71. The monoisotopic (exact) mass is 362 g/mol. The van der Waals surface area contributed by atoms with Gasteiger partial charge in [-0.05, 0) is 49.6 Å². The van der Waals surface area contributed by atoms with E-state index in [1.165, 1.54) is 17.3 Å². The molecule has 1 atom stereocenters. The molecule has 2 aromatic heterocycles. The summed E-state index contributed by atoms with van der Waals surface area (Å²) in [5.41, 5.74) is 5.54. The maximum atomic E-state index is 11.4. The number of nitrogens with one attached hydrogen (secondary N) is 1. The van der Waals surface area contributed by atoms with Crippen LogP contribution >= 0.6 is 0 Å². The van der Waals surface area contributed by atoms with Crippen LogP contribution < -0.4 is 5.32 Å². The number of carboxylic acids is 1. The molecule has 6 nitrogen and oxygen atoms in total. The highest BCUT2D eigenvalue weighted by atomic mass is 16.4. The summed E-state index contributed by atoms with van der Waals surface area (Å²) in [5.74, 6) is -0.333. The highest BCUT2D eigenvalue weighted by Gasteiger charge is 2.25. The van der Waals surface area contributed by atoms with E-state index in [0.29, 0.717) is 24.0 Å².